The number of hydrogen-bond donors (Lipinski definition) is 1. The zero-order valence-corrected chi connectivity index (χ0v) is 15.7. The molecule has 0 aromatic rings. The third kappa shape index (κ3) is 5.31. The molecule has 1 aliphatic heterocycles. The summed E-state index contributed by atoms with van der Waals surface area (Å²) in [7, 11) is -3.16. The quantitative estimate of drug-likeness (QED) is 0.791. The number of piperidine rings is 1. The van der Waals surface area contributed by atoms with E-state index in [9.17, 15) is 13.2 Å². The van der Waals surface area contributed by atoms with E-state index in [0.29, 0.717) is 32.0 Å². The maximum atomic E-state index is 12.4. The van der Waals surface area contributed by atoms with E-state index in [0.717, 1.165) is 32.1 Å². The van der Waals surface area contributed by atoms with Crippen LogP contribution in [0.4, 0.5) is 0 Å². The van der Waals surface area contributed by atoms with E-state index in [4.69, 9.17) is 5.73 Å². The molecule has 8 heteroatoms. The van der Waals surface area contributed by atoms with Crippen molar-refractivity contribution in [3.05, 3.63) is 0 Å². The first-order valence-electron chi connectivity index (χ1n) is 8.33. The van der Waals surface area contributed by atoms with Crippen molar-refractivity contribution >= 4 is 28.3 Å². The van der Waals surface area contributed by atoms with Gasteiger partial charge >= 0.3 is 0 Å². The van der Waals surface area contributed by atoms with Crippen LogP contribution in [0.2, 0.25) is 0 Å². The second-order valence-corrected chi connectivity index (χ2v) is 8.57. The lowest BCUT2D eigenvalue weighted by atomic mass is 9.98. The molecule has 1 heterocycles. The normalized spacial score (nSPS) is 26.3. The van der Waals surface area contributed by atoms with Gasteiger partial charge in [0, 0.05) is 38.1 Å². The fraction of sp³-hybridized carbons (Fsp3) is 0.933. The van der Waals surface area contributed by atoms with E-state index >= 15 is 0 Å². The van der Waals surface area contributed by atoms with Crippen molar-refractivity contribution in [2.75, 3.05) is 25.9 Å². The van der Waals surface area contributed by atoms with Gasteiger partial charge in [0.25, 0.3) is 0 Å². The van der Waals surface area contributed by atoms with Crippen LogP contribution in [0.5, 0.6) is 0 Å². The van der Waals surface area contributed by atoms with Crippen molar-refractivity contribution in [1.82, 2.24) is 9.21 Å². The first-order chi connectivity index (χ1) is 10.3. The van der Waals surface area contributed by atoms with Gasteiger partial charge in [0.05, 0.1) is 6.26 Å². The van der Waals surface area contributed by atoms with E-state index in [-0.39, 0.29) is 30.4 Å². The average Bonchev–Trinajstić information content (AvgIpc) is 2.84. The van der Waals surface area contributed by atoms with Crippen molar-refractivity contribution in [2.45, 2.75) is 57.5 Å². The van der Waals surface area contributed by atoms with Crippen molar-refractivity contribution in [2.24, 2.45) is 11.7 Å². The number of hydrogen-bond acceptors (Lipinski definition) is 4. The van der Waals surface area contributed by atoms with Crippen LogP contribution in [0.1, 0.15) is 45.4 Å². The van der Waals surface area contributed by atoms with Gasteiger partial charge in [-0.2, -0.15) is 4.31 Å². The van der Waals surface area contributed by atoms with Gasteiger partial charge in [-0.25, -0.2) is 8.42 Å². The van der Waals surface area contributed by atoms with Gasteiger partial charge < -0.3 is 10.6 Å². The molecule has 0 bridgehead atoms. The predicted molar refractivity (Wildman–Crippen MR) is 94.0 cm³/mol. The molecule has 2 rings (SSSR count). The minimum atomic E-state index is -3.16. The van der Waals surface area contributed by atoms with Crippen LogP contribution in [-0.2, 0) is 14.8 Å². The summed E-state index contributed by atoms with van der Waals surface area (Å²) in [6.07, 6.45) is 6.47. The Labute approximate surface area is 146 Å². The Kier molecular flexibility index (Phi) is 7.77. The van der Waals surface area contributed by atoms with E-state index in [1.807, 2.05) is 11.8 Å². The van der Waals surface area contributed by atoms with Gasteiger partial charge in [-0.3, -0.25) is 4.79 Å². The van der Waals surface area contributed by atoms with Gasteiger partial charge in [-0.05, 0) is 31.6 Å². The molecular weight excluding hydrogens is 338 g/mol. The third-order valence-corrected chi connectivity index (χ3v) is 6.53. The number of halogens is 1. The third-order valence-electron chi connectivity index (χ3n) is 5.12. The van der Waals surface area contributed by atoms with Crippen molar-refractivity contribution in [1.29, 1.82) is 0 Å². The van der Waals surface area contributed by atoms with Crippen molar-refractivity contribution < 1.29 is 13.2 Å². The van der Waals surface area contributed by atoms with Crippen LogP contribution < -0.4 is 5.73 Å². The molecule has 1 aliphatic carbocycles. The van der Waals surface area contributed by atoms with E-state index < -0.39 is 10.0 Å². The lowest BCUT2D eigenvalue weighted by Crippen LogP contribution is -2.48. The molecule has 2 N–H and O–H groups in total. The number of nitrogens with two attached hydrogens (primary N) is 1. The molecule has 2 atom stereocenters. The second kappa shape index (κ2) is 8.65. The molecule has 1 amide bonds. The van der Waals surface area contributed by atoms with Crippen LogP contribution in [0.15, 0.2) is 0 Å². The molecule has 0 radical (unpaired) electrons. The lowest BCUT2D eigenvalue weighted by Gasteiger charge is -2.37. The second-order valence-electron chi connectivity index (χ2n) is 6.64. The summed E-state index contributed by atoms with van der Waals surface area (Å²) >= 11 is 0. The summed E-state index contributed by atoms with van der Waals surface area (Å²) < 4.78 is 25.1. The first-order valence-corrected chi connectivity index (χ1v) is 10.2. The van der Waals surface area contributed by atoms with Gasteiger partial charge in [0.1, 0.15) is 0 Å². The monoisotopic (exact) mass is 367 g/mol. The number of carbonyl (C=O) groups excluding carboxylic acids is 1. The minimum absolute atomic E-state index is 0. The van der Waals surface area contributed by atoms with Crippen LogP contribution in [-0.4, -0.2) is 61.5 Å². The Hall–Kier alpha value is -0.370. The SMILES string of the molecule is CCN(C1CCN(C(=O)C[C@@H]2CCC[C@H]2N)CC1)S(C)(=O)=O.Cl. The van der Waals surface area contributed by atoms with Crippen molar-refractivity contribution in [3.8, 4) is 0 Å². The van der Waals surface area contributed by atoms with Crippen molar-refractivity contribution in [3.63, 3.8) is 0 Å². The zero-order valence-electron chi connectivity index (χ0n) is 14.1. The molecule has 23 heavy (non-hydrogen) atoms. The Morgan fingerprint density at radius 1 is 1.22 bits per heavy atom. The van der Waals surface area contributed by atoms with E-state index in [1.54, 1.807) is 4.31 Å². The summed E-state index contributed by atoms with van der Waals surface area (Å²) in [4.78, 5) is 14.3. The maximum absolute atomic E-state index is 12.4. The molecule has 0 aromatic carbocycles. The molecule has 2 aliphatic rings. The molecule has 6 nitrogen and oxygen atoms in total. The topological polar surface area (TPSA) is 83.7 Å². The Morgan fingerprint density at radius 2 is 1.83 bits per heavy atom. The Bertz CT molecular complexity index is 492. The first kappa shape index (κ1) is 20.7. The number of amides is 1. The zero-order chi connectivity index (χ0) is 16.3. The highest BCUT2D eigenvalue weighted by Gasteiger charge is 2.32. The van der Waals surface area contributed by atoms with E-state index in [1.165, 1.54) is 6.26 Å². The number of carbonyl (C=O) groups is 1. The van der Waals surface area contributed by atoms with Crippen LogP contribution in [0.3, 0.4) is 0 Å². The number of rotatable bonds is 5. The standard InChI is InChI=1S/C15H29N3O3S.ClH/c1-3-18(22(2,20)21)13-7-9-17(10-8-13)15(19)11-12-5-4-6-14(12)16;/h12-14H,3-11,16H2,1-2H3;1H/t12-,14+;/m0./s1. The van der Waals surface area contributed by atoms with Gasteiger partial charge in [0.2, 0.25) is 15.9 Å². The summed E-state index contributed by atoms with van der Waals surface area (Å²) in [5.74, 6) is 0.511. The highest BCUT2D eigenvalue weighted by molar-refractivity contribution is 7.88. The van der Waals surface area contributed by atoms with Crippen LogP contribution in [0, 0.1) is 5.92 Å². The van der Waals surface area contributed by atoms with Gasteiger partial charge in [-0.15, -0.1) is 12.4 Å². The van der Waals surface area contributed by atoms with E-state index in [2.05, 4.69) is 0 Å². The molecule has 136 valence electrons. The molecule has 0 spiro atoms. The number of sulfonamides is 1. The summed E-state index contributed by atoms with van der Waals surface area (Å²) in [6, 6.07) is 0.195. The molecule has 0 aromatic heterocycles. The van der Waals surface area contributed by atoms with Gasteiger partial charge in [0.15, 0.2) is 0 Å². The molecule has 1 saturated carbocycles. The number of nitrogens with zero attached hydrogens (tertiary/aromatic N) is 2. The molecular formula is C15H30ClN3O3S. The van der Waals surface area contributed by atoms with Crippen LogP contribution >= 0.6 is 12.4 Å². The molecule has 1 saturated heterocycles. The Balaban J connectivity index is 0.00000264. The highest BCUT2D eigenvalue weighted by atomic mass is 35.5. The fourth-order valence-corrected chi connectivity index (χ4v) is 5.06. The molecule has 2 fully saturated rings. The Morgan fingerprint density at radius 3 is 2.26 bits per heavy atom. The lowest BCUT2D eigenvalue weighted by molar-refractivity contribution is -0.133. The fourth-order valence-electron chi connectivity index (χ4n) is 3.84. The number of likely N-dealkylation sites (tertiary alicyclic amines) is 1. The summed E-state index contributed by atoms with van der Waals surface area (Å²) in [5.41, 5.74) is 6.04. The highest BCUT2D eigenvalue weighted by Crippen LogP contribution is 2.28. The summed E-state index contributed by atoms with van der Waals surface area (Å²) in [6.45, 7) is 3.66. The average molecular weight is 368 g/mol. The predicted octanol–water partition coefficient (Wildman–Crippen LogP) is 1.20. The summed E-state index contributed by atoms with van der Waals surface area (Å²) in [5, 5.41) is 0. The molecule has 0 unspecified atom stereocenters. The van der Waals surface area contributed by atoms with Gasteiger partial charge in [-0.1, -0.05) is 13.3 Å². The largest absolute Gasteiger partial charge is 0.343 e. The maximum Gasteiger partial charge on any atom is 0.222 e. The van der Waals surface area contributed by atoms with Crippen LogP contribution in [0.25, 0.3) is 0 Å². The smallest absolute Gasteiger partial charge is 0.222 e. The minimum Gasteiger partial charge on any atom is -0.343 e.